The fourth-order valence-electron chi connectivity index (χ4n) is 3.17. The lowest BCUT2D eigenvalue weighted by molar-refractivity contribution is -0.00243. The van der Waals surface area contributed by atoms with Crippen LogP contribution in [0.5, 0.6) is 0 Å². The van der Waals surface area contributed by atoms with Crippen molar-refractivity contribution in [1.29, 1.82) is 0 Å². The van der Waals surface area contributed by atoms with Gasteiger partial charge in [-0.25, -0.2) is 0 Å². The molecule has 2 N–H and O–H groups in total. The highest BCUT2D eigenvalue weighted by Gasteiger charge is 2.32. The van der Waals surface area contributed by atoms with E-state index in [0.717, 1.165) is 32.1 Å². The molecule has 100 valence electrons. The molecule has 0 aliphatic heterocycles. The van der Waals surface area contributed by atoms with Gasteiger partial charge in [0.25, 0.3) is 0 Å². The third-order valence-electron chi connectivity index (χ3n) is 4.14. The molecule has 1 aliphatic rings. The highest BCUT2D eigenvalue weighted by atomic mass is 16.3. The van der Waals surface area contributed by atoms with Crippen molar-refractivity contribution in [2.45, 2.75) is 57.6 Å². The summed E-state index contributed by atoms with van der Waals surface area (Å²) in [5.74, 6) is 0. The van der Waals surface area contributed by atoms with E-state index in [-0.39, 0.29) is 0 Å². The van der Waals surface area contributed by atoms with Crippen molar-refractivity contribution < 1.29 is 5.11 Å². The Bertz CT molecular complexity index is 385. The quantitative estimate of drug-likeness (QED) is 0.861. The Morgan fingerprint density at radius 2 is 1.72 bits per heavy atom. The predicted octanol–water partition coefficient (Wildman–Crippen LogP) is 2.74. The van der Waals surface area contributed by atoms with Gasteiger partial charge >= 0.3 is 0 Å². The van der Waals surface area contributed by atoms with Crippen LogP contribution in [-0.4, -0.2) is 23.8 Å². The zero-order valence-corrected chi connectivity index (χ0v) is 11.8. The minimum atomic E-state index is -0.492. The Kier molecular flexibility index (Phi) is 4.08. The first kappa shape index (κ1) is 13.6. The topological polar surface area (TPSA) is 32.3 Å². The fraction of sp³-hybridized carbons (Fsp3) is 0.625. The number of aliphatic hydroxyl groups is 1. The molecule has 0 spiro atoms. The normalized spacial score (nSPS) is 28.3. The molecule has 0 aromatic heterocycles. The molecule has 0 saturated heterocycles. The van der Waals surface area contributed by atoms with Crippen LogP contribution in [0, 0.1) is 13.8 Å². The van der Waals surface area contributed by atoms with E-state index in [9.17, 15) is 5.11 Å². The van der Waals surface area contributed by atoms with Gasteiger partial charge in [-0.05, 0) is 52.1 Å². The zero-order chi connectivity index (χ0) is 13.2. The third-order valence-corrected chi connectivity index (χ3v) is 4.14. The molecule has 1 aromatic carbocycles. The molecule has 1 fully saturated rings. The van der Waals surface area contributed by atoms with Crippen LogP contribution in [0.25, 0.3) is 0 Å². The predicted molar refractivity (Wildman–Crippen MR) is 75.9 cm³/mol. The summed E-state index contributed by atoms with van der Waals surface area (Å²) in [6, 6.07) is 7.18. The smallest absolute Gasteiger partial charge is 0.0689 e. The van der Waals surface area contributed by atoms with Gasteiger partial charge in [0.1, 0.15) is 0 Å². The number of hydrogen-bond acceptors (Lipinski definition) is 2. The first-order valence-corrected chi connectivity index (χ1v) is 6.98. The largest absolute Gasteiger partial charge is 0.390 e. The molecule has 1 saturated carbocycles. The molecule has 2 heteroatoms. The minimum Gasteiger partial charge on any atom is -0.390 e. The highest BCUT2D eigenvalue weighted by Crippen LogP contribution is 2.31. The van der Waals surface area contributed by atoms with Crippen LogP contribution in [0.2, 0.25) is 0 Å². The maximum Gasteiger partial charge on any atom is 0.0689 e. The second-order valence-corrected chi connectivity index (χ2v) is 5.96. The van der Waals surface area contributed by atoms with Gasteiger partial charge < -0.3 is 10.4 Å². The van der Waals surface area contributed by atoms with E-state index in [1.165, 1.54) is 16.7 Å². The van der Waals surface area contributed by atoms with Crippen molar-refractivity contribution >= 4 is 0 Å². The van der Waals surface area contributed by atoms with E-state index < -0.39 is 5.60 Å². The second kappa shape index (κ2) is 5.41. The Morgan fingerprint density at radius 3 is 2.22 bits per heavy atom. The molecule has 0 unspecified atom stereocenters. The molecule has 1 aromatic rings. The first-order chi connectivity index (χ1) is 8.50. The van der Waals surface area contributed by atoms with Gasteiger partial charge in [-0.3, -0.25) is 0 Å². The zero-order valence-electron chi connectivity index (χ0n) is 11.8. The number of rotatable bonds is 3. The van der Waals surface area contributed by atoms with E-state index in [4.69, 9.17) is 0 Å². The van der Waals surface area contributed by atoms with E-state index >= 15 is 0 Å². The van der Waals surface area contributed by atoms with Gasteiger partial charge in [0.05, 0.1) is 5.60 Å². The van der Waals surface area contributed by atoms with Gasteiger partial charge in [0, 0.05) is 12.5 Å². The van der Waals surface area contributed by atoms with E-state index in [1.807, 2.05) is 7.05 Å². The summed E-state index contributed by atoms with van der Waals surface area (Å²) in [5, 5.41) is 14.0. The molecule has 0 heterocycles. The number of benzene rings is 1. The minimum absolute atomic E-state index is 0.492. The van der Waals surface area contributed by atoms with Crippen molar-refractivity contribution in [2.75, 3.05) is 7.05 Å². The van der Waals surface area contributed by atoms with Gasteiger partial charge in [0.15, 0.2) is 0 Å². The van der Waals surface area contributed by atoms with Crippen LogP contribution in [0.4, 0.5) is 0 Å². The summed E-state index contributed by atoms with van der Waals surface area (Å²) in [6.07, 6.45) is 4.78. The fourth-order valence-corrected chi connectivity index (χ4v) is 3.17. The summed E-state index contributed by atoms with van der Waals surface area (Å²) in [5.41, 5.74) is 3.36. The van der Waals surface area contributed by atoms with Gasteiger partial charge in [-0.1, -0.05) is 29.3 Å². The van der Waals surface area contributed by atoms with Crippen molar-refractivity contribution in [1.82, 2.24) is 5.32 Å². The Balaban J connectivity index is 2.04. The molecule has 2 rings (SSSR count). The maximum absolute atomic E-state index is 10.7. The molecular formula is C16H25NO. The second-order valence-electron chi connectivity index (χ2n) is 5.96. The lowest BCUT2D eigenvalue weighted by atomic mass is 9.78. The van der Waals surface area contributed by atoms with Crippen LogP contribution in [0.1, 0.15) is 42.4 Å². The van der Waals surface area contributed by atoms with Crippen LogP contribution in [0.15, 0.2) is 18.2 Å². The van der Waals surface area contributed by atoms with Crippen molar-refractivity contribution in [2.24, 2.45) is 0 Å². The standard InChI is InChI=1S/C16H25NO/c1-12-8-13(2)10-14(9-12)11-16(18)6-4-15(17-3)5-7-16/h8-10,15,17-18H,4-7,11H2,1-3H3. The van der Waals surface area contributed by atoms with Gasteiger partial charge in [0.2, 0.25) is 0 Å². The first-order valence-electron chi connectivity index (χ1n) is 6.98. The molecule has 18 heavy (non-hydrogen) atoms. The third kappa shape index (κ3) is 3.33. The average Bonchev–Trinajstić information content (AvgIpc) is 2.28. The monoisotopic (exact) mass is 247 g/mol. The van der Waals surface area contributed by atoms with E-state index in [0.29, 0.717) is 6.04 Å². The molecule has 0 amide bonds. The molecule has 1 aliphatic carbocycles. The maximum atomic E-state index is 10.7. The van der Waals surface area contributed by atoms with Crippen molar-refractivity contribution in [3.05, 3.63) is 34.9 Å². The SMILES string of the molecule is CNC1CCC(O)(Cc2cc(C)cc(C)c2)CC1. The summed E-state index contributed by atoms with van der Waals surface area (Å²) >= 11 is 0. The lowest BCUT2D eigenvalue weighted by Crippen LogP contribution is -2.41. The Morgan fingerprint density at radius 1 is 1.17 bits per heavy atom. The van der Waals surface area contributed by atoms with Crippen LogP contribution in [0.3, 0.4) is 0 Å². The average molecular weight is 247 g/mol. The Hall–Kier alpha value is -0.860. The molecule has 2 nitrogen and oxygen atoms in total. The molecular weight excluding hydrogens is 222 g/mol. The van der Waals surface area contributed by atoms with Crippen LogP contribution >= 0.6 is 0 Å². The summed E-state index contributed by atoms with van der Waals surface area (Å²) in [7, 11) is 2.01. The van der Waals surface area contributed by atoms with Gasteiger partial charge in [-0.15, -0.1) is 0 Å². The molecule has 0 bridgehead atoms. The highest BCUT2D eigenvalue weighted by molar-refractivity contribution is 5.29. The number of hydrogen-bond donors (Lipinski definition) is 2. The van der Waals surface area contributed by atoms with Crippen molar-refractivity contribution in [3.63, 3.8) is 0 Å². The molecule has 0 atom stereocenters. The summed E-state index contributed by atoms with van der Waals surface area (Å²) in [4.78, 5) is 0. The van der Waals surface area contributed by atoms with Crippen LogP contribution in [-0.2, 0) is 6.42 Å². The lowest BCUT2D eigenvalue weighted by Gasteiger charge is -2.36. The summed E-state index contributed by atoms with van der Waals surface area (Å²) in [6.45, 7) is 4.25. The van der Waals surface area contributed by atoms with E-state index in [1.54, 1.807) is 0 Å². The number of aryl methyl sites for hydroxylation is 2. The van der Waals surface area contributed by atoms with Gasteiger partial charge in [-0.2, -0.15) is 0 Å². The Labute approximate surface area is 110 Å². The van der Waals surface area contributed by atoms with Crippen LogP contribution < -0.4 is 5.32 Å². The van der Waals surface area contributed by atoms with E-state index in [2.05, 4.69) is 37.4 Å². The molecule has 0 radical (unpaired) electrons. The summed E-state index contributed by atoms with van der Waals surface area (Å²) < 4.78 is 0. The van der Waals surface area contributed by atoms with Crippen molar-refractivity contribution in [3.8, 4) is 0 Å². The number of nitrogens with one attached hydrogen (secondary N) is 1.